The van der Waals surface area contributed by atoms with Crippen LogP contribution in [0.2, 0.25) is 0 Å². The summed E-state index contributed by atoms with van der Waals surface area (Å²) >= 11 is 3.37. The zero-order valence-corrected chi connectivity index (χ0v) is 20.7. The summed E-state index contributed by atoms with van der Waals surface area (Å²) in [4.78, 5) is 19.0. The molecule has 4 heterocycles. The Hall–Kier alpha value is -2.59. The van der Waals surface area contributed by atoms with Crippen molar-refractivity contribution in [2.45, 2.75) is 39.3 Å². The summed E-state index contributed by atoms with van der Waals surface area (Å²) in [7, 11) is 1.92. The first-order valence-electron chi connectivity index (χ1n) is 11.3. The van der Waals surface area contributed by atoms with Crippen molar-refractivity contribution in [1.29, 1.82) is 0 Å². The van der Waals surface area contributed by atoms with Gasteiger partial charge in [-0.05, 0) is 36.2 Å². The lowest BCUT2D eigenvalue weighted by Crippen LogP contribution is -2.27. The first kappa shape index (κ1) is 22.2. The van der Waals surface area contributed by atoms with E-state index in [9.17, 15) is 4.79 Å². The summed E-state index contributed by atoms with van der Waals surface area (Å²) < 4.78 is 2.95. The van der Waals surface area contributed by atoms with Crippen molar-refractivity contribution in [3.8, 4) is 21.7 Å². The molecule has 0 saturated heterocycles. The molecule has 1 aliphatic heterocycles. The van der Waals surface area contributed by atoms with E-state index in [4.69, 9.17) is 4.98 Å². The van der Waals surface area contributed by atoms with Gasteiger partial charge in [0.05, 0.1) is 16.4 Å². The van der Waals surface area contributed by atoms with E-state index in [0.717, 1.165) is 56.4 Å². The highest BCUT2D eigenvalue weighted by atomic mass is 32.1. The van der Waals surface area contributed by atoms with Gasteiger partial charge >= 0.3 is 0 Å². The van der Waals surface area contributed by atoms with Crippen LogP contribution in [0.3, 0.4) is 0 Å². The Balaban J connectivity index is 1.48. The number of aryl methyl sites for hydroxylation is 1. The van der Waals surface area contributed by atoms with Crippen LogP contribution in [0.5, 0.6) is 0 Å². The first-order valence-corrected chi connectivity index (χ1v) is 12.9. The summed E-state index contributed by atoms with van der Waals surface area (Å²) in [6.07, 6.45) is 5.28. The van der Waals surface area contributed by atoms with E-state index in [-0.39, 0.29) is 5.91 Å². The monoisotopic (exact) mass is 480 g/mol. The standard InChI is InChI=1S/C24H28N6OS2/c1-14(2)26-9-7-21(31)29-24-22(17-6-8-25-12-20(17)33-24)23-28-18-10-15(4-5-19(18)32-23)16-11-27-30(3)13-16/h4-5,10-11,13-14,25-26H,6-9,12H2,1-3H3,(H,29,31). The van der Waals surface area contributed by atoms with Crippen molar-refractivity contribution >= 4 is 43.8 Å². The number of hydrogen-bond donors (Lipinski definition) is 3. The van der Waals surface area contributed by atoms with Crippen LogP contribution in [0.4, 0.5) is 5.00 Å². The van der Waals surface area contributed by atoms with Crippen molar-refractivity contribution in [2.24, 2.45) is 7.05 Å². The molecule has 1 aliphatic rings. The molecular formula is C24H28N6OS2. The van der Waals surface area contributed by atoms with E-state index in [0.29, 0.717) is 19.0 Å². The van der Waals surface area contributed by atoms with Gasteiger partial charge in [-0.25, -0.2) is 4.98 Å². The molecule has 0 radical (unpaired) electrons. The van der Waals surface area contributed by atoms with Crippen LogP contribution in [0, 0.1) is 0 Å². The van der Waals surface area contributed by atoms with E-state index >= 15 is 0 Å². The van der Waals surface area contributed by atoms with Crippen LogP contribution < -0.4 is 16.0 Å². The molecule has 1 aromatic carbocycles. The average Bonchev–Trinajstić information content (AvgIpc) is 3.48. The lowest BCUT2D eigenvalue weighted by Gasteiger charge is -2.13. The van der Waals surface area contributed by atoms with E-state index < -0.39 is 0 Å². The third kappa shape index (κ3) is 4.72. The second-order valence-electron chi connectivity index (χ2n) is 8.65. The van der Waals surface area contributed by atoms with Gasteiger partial charge in [0.1, 0.15) is 10.0 Å². The minimum Gasteiger partial charge on any atom is -0.317 e. The van der Waals surface area contributed by atoms with Crippen LogP contribution in [-0.2, 0) is 24.8 Å². The molecule has 172 valence electrons. The zero-order chi connectivity index (χ0) is 22.9. The number of rotatable bonds is 7. The van der Waals surface area contributed by atoms with Gasteiger partial charge in [-0.15, -0.1) is 22.7 Å². The summed E-state index contributed by atoms with van der Waals surface area (Å²) in [5, 5.41) is 16.1. The number of thiophene rings is 1. The fraction of sp³-hybridized carbons (Fsp3) is 0.375. The van der Waals surface area contributed by atoms with Crippen molar-refractivity contribution in [1.82, 2.24) is 25.4 Å². The molecule has 0 aliphatic carbocycles. The molecule has 5 rings (SSSR count). The number of amides is 1. The van der Waals surface area contributed by atoms with Crippen molar-refractivity contribution in [3.63, 3.8) is 0 Å². The molecular weight excluding hydrogens is 452 g/mol. The predicted molar refractivity (Wildman–Crippen MR) is 137 cm³/mol. The molecule has 4 aromatic rings. The Morgan fingerprint density at radius 1 is 1.27 bits per heavy atom. The number of nitrogens with zero attached hydrogens (tertiary/aromatic N) is 3. The highest BCUT2D eigenvalue weighted by Crippen LogP contribution is 2.45. The van der Waals surface area contributed by atoms with E-state index in [1.807, 2.05) is 24.1 Å². The Kier molecular flexibility index (Phi) is 6.29. The fourth-order valence-corrected chi connectivity index (χ4v) is 6.42. The molecule has 0 spiro atoms. The van der Waals surface area contributed by atoms with Crippen LogP contribution in [0.15, 0.2) is 30.6 Å². The molecule has 33 heavy (non-hydrogen) atoms. The number of nitrogens with one attached hydrogen (secondary N) is 3. The van der Waals surface area contributed by atoms with Gasteiger partial charge in [0.25, 0.3) is 0 Å². The molecule has 3 N–H and O–H groups in total. The Morgan fingerprint density at radius 3 is 2.94 bits per heavy atom. The lowest BCUT2D eigenvalue weighted by atomic mass is 10.0. The highest BCUT2D eigenvalue weighted by molar-refractivity contribution is 7.23. The van der Waals surface area contributed by atoms with Crippen LogP contribution in [0.1, 0.15) is 30.7 Å². The Bertz CT molecular complexity index is 1300. The number of anilines is 1. The molecule has 0 fully saturated rings. The number of carbonyl (C=O) groups is 1. The fourth-order valence-electron chi connectivity index (χ4n) is 4.10. The molecule has 7 nitrogen and oxygen atoms in total. The molecule has 0 atom stereocenters. The maximum atomic E-state index is 12.7. The molecule has 0 unspecified atom stereocenters. The summed E-state index contributed by atoms with van der Waals surface area (Å²) in [5.74, 6) is 0.0379. The minimum atomic E-state index is 0.0379. The normalized spacial score (nSPS) is 13.6. The zero-order valence-electron chi connectivity index (χ0n) is 19.1. The molecule has 1 amide bonds. The smallest absolute Gasteiger partial charge is 0.226 e. The van der Waals surface area contributed by atoms with Gasteiger partial charge in [0.15, 0.2) is 0 Å². The quantitative estimate of drug-likeness (QED) is 0.365. The number of aromatic nitrogens is 3. The van der Waals surface area contributed by atoms with Crippen molar-refractivity contribution in [2.75, 3.05) is 18.4 Å². The third-order valence-electron chi connectivity index (χ3n) is 5.73. The van der Waals surface area contributed by atoms with Gasteiger partial charge in [0.2, 0.25) is 5.91 Å². The maximum Gasteiger partial charge on any atom is 0.226 e. The lowest BCUT2D eigenvalue weighted by molar-refractivity contribution is -0.116. The number of benzene rings is 1. The summed E-state index contributed by atoms with van der Waals surface area (Å²) in [5.41, 5.74) is 5.58. The van der Waals surface area contributed by atoms with Gasteiger partial charge in [-0.3, -0.25) is 9.48 Å². The van der Waals surface area contributed by atoms with Crippen molar-refractivity contribution < 1.29 is 4.79 Å². The average molecular weight is 481 g/mol. The van der Waals surface area contributed by atoms with Crippen LogP contribution >= 0.6 is 22.7 Å². The SMILES string of the molecule is CC(C)NCCC(=O)Nc1sc2c(c1-c1nc3cc(-c4cnn(C)c4)ccc3s1)CCNC2. The van der Waals surface area contributed by atoms with Crippen LogP contribution in [0.25, 0.3) is 31.9 Å². The number of carbonyl (C=O) groups excluding carboxylic acids is 1. The third-order valence-corrected chi connectivity index (χ3v) is 7.93. The van der Waals surface area contributed by atoms with Gasteiger partial charge in [-0.1, -0.05) is 19.9 Å². The second kappa shape index (κ2) is 9.34. The second-order valence-corrected chi connectivity index (χ2v) is 10.8. The molecule has 0 saturated carbocycles. The maximum absolute atomic E-state index is 12.7. The molecule has 9 heteroatoms. The van der Waals surface area contributed by atoms with E-state index in [1.54, 1.807) is 22.7 Å². The summed E-state index contributed by atoms with van der Waals surface area (Å²) in [6, 6.07) is 6.75. The number of fused-ring (bicyclic) bond motifs is 2. The molecule has 3 aromatic heterocycles. The first-order chi connectivity index (χ1) is 16.0. The van der Waals surface area contributed by atoms with Gasteiger partial charge in [0, 0.05) is 54.8 Å². The topological polar surface area (TPSA) is 83.9 Å². The van der Waals surface area contributed by atoms with Crippen molar-refractivity contribution in [3.05, 3.63) is 41.0 Å². The minimum absolute atomic E-state index is 0.0379. The molecule has 0 bridgehead atoms. The van der Waals surface area contributed by atoms with Gasteiger partial charge < -0.3 is 16.0 Å². The van der Waals surface area contributed by atoms with Crippen LogP contribution in [-0.4, -0.2) is 39.8 Å². The largest absolute Gasteiger partial charge is 0.317 e. The van der Waals surface area contributed by atoms with E-state index in [2.05, 4.69) is 53.1 Å². The van der Waals surface area contributed by atoms with E-state index in [1.165, 1.54) is 10.4 Å². The number of hydrogen-bond acceptors (Lipinski definition) is 7. The number of thiazole rings is 1. The Morgan fingerprint density at radius 2 is 2.15 bits per heavy atom. The Labute approximate surface area is 201 Å². The predicted octanol–water partition coefficient (Wildman–Crippen LogP) is 4.40. The summed E-state index contributed by atoms with van der Waals surface area (Å²) in [6.45, 7) is 6.63. The van der Waals surface area contributed by atoms with Gasteiger partial charge in [-0.2, -0.15) is 5.10 Å². The highest BCUT2D eigenvalue weighted by Gasteiger charge is 2.25.